The van der Waals surface area contributed by atoms with E-state index in [1.807, 2.05) is 0 Å². The number of alkyl carbamates (subject to hydrolysis) is 1. The second-order valence-electron chi connectivity index (χ2n) is 4.31. The Balaban J connectivity index is 2.18. The summed E-state index contributed by atoms with van der Waals surface area (Å²) in [5.41, 5.74) is 5.69. The lowest BCUT2D eigenvalue weighted by atomic mass is 10.1. The zero-order chi connectivity index (χ0) is 15.4. The average Bonchev–Trinajstić information content (AvgIpc) is 2.89. The van der Waals surface area contributed by atoms with E-state index in [0.717, 1.165) is 0 Å². The van der Waals surface area contributed by atoms with E-state index in [2.05, 4.69) is 5.32 Å². The maximum atomic E-state index is 11.0. The number of nitrogens with zero attached hydrogens (tertiary/aromatic N) is 1. The Labute approximate surface area is 120 Å². The van der Waals surface area contributed by atoms with Gasteiger partial charge in [0.2, 0.25) is 0 Å². The first-order valence-electron chi connectivity index (χ1n) is 6.17. The van der Waals surface area contributed by atoms with Crippen LogP contribution in [0.1, 0.15) is 5.56 Å². The van der Waals surface area contributed by atoms with Crippen LogP contribution in [0.2, 0.25) is 0 Å². The van der Waals surface area contributed by atoms with Gasteiger partial charge in [-0.2, -0.15) is 0 Å². The lowest BCUT2D eigenvalue weighted by molar-refractivity contribution is -0.385. The van der Waals surface area contributed by atoms with Gasteiger partial charge in [-0.1, -0.05) is 0 Å². The number of rotatable bonds is 6. The molecule has 0 spiro atoms. The van der Waals surface area contributed by atoms with Gasteiger partial charge in [0.1, 0.15) is 6.61 Å². The number of nitro benzene ring substituents is 1. The molecule has 21 heavy (non-hydrogen) atoms. The normalized spacial score (nSPS) is 17.0. The fraction of sp³-hybridized carbons (Fsp3) is 0.417. The molecule has 3 N–H and O–H groups in total. The van der Waals surface area contributed by atoms with Crippen molar-refractivity contribution in [3.8, 4) is 11.5 Å². The number of hydrogen-bond acceptors (Lipinski definition) is 7. The van der Waals surface area contributed by atoms with E-state index >= 15 is 0 Å². The van der Waals surface area contributed by atoms with E-state index in [-0.39, 0.29) is 24.6 Å². The van der Waals surface area contributed by atoms with E-state index in [1.165, 1.54) is 19.2 Å². The Morgan fingerprint density at radius 2 is 2.29 bits per heavy atom. The molecule has 1 aromatic rings. The molecular formula is C12H15N3O6. The minimum absolute atomic E-state index is 0.0110. The van der Waals surface area contributed by atoms with Crippen LogP contribution in [-0.4, -0.2) is 37.4 Å². The summed E-state index contributed by atoms with van der Waals surface area (Å²) in [6.07, 6.45) is -0.963. The standard InChI is InChI=1S/C12H15N3O6/c1-19-10-2-7(4-13)9(15(17)18)3-11(10)20-6-8-5-14-12(16)21-8/h2-3,8H,4-6,13H2,1H3,(H,14,16). The van der Waals surface area contributed by atoms with Crippen molar-refractivity contribution in [2.24, 2.45) is 5.73 Å². The first kappa shape index (κ1) is 14.9. The highest BCUT2D eigenvalue weighted by molar-refractivity contribution is 5.69. The molecule has 2 rings (SSSR count). The molecule has 1 aromatic carbocycles. The number of carbonyl (C=O) groups is 1. The molecule has 1 fully saturated rings. The minimum Gasteiger partial charge on any atom is -0.493 e. The summed E-state index contributed by atoms with van der Waals surface area (Å²) in [6, 6.07) is 2.72. The molecule has 114 valence electrons. The summed E-state index contributed by atoms with van der Waals surface area (Å²) in [5.74, 6) is 0.530. The fourth-order valence-electron chi connectivity index (χ4n) is 1.90. The van der Waals surface area contributed by atoms with E-state index < -0.39 is 17.1 Å². The molecule has 1 amide bonds. The zero-order valence-corrected chi connectivity index (χ0v) is 11.3. The van der Waals surface area contributed by atoms with Gasteiger partial charge in [-0.15, -0.1) is 0 Å². The third-order valence-electron chi connectivity index (χ3n) is 2.95. The number of amides is 1. The second kappa shape index (κ2) is 6.27. The Morgan fingerprint density at radius 3 is 2.81 bits per heavy atom. The van der Waals surface area contributed by atoms with Crippen LogP contribution in [0.25, 0.3) is 0 Å². The summed E-state index contributed by atoms with van der Waals surface area (Å²) >= 11 is 0. The molecule has 1 aliphatic rings. The summed E-state index contributed by atoms with van der Waals surface area (Å²) < 4.78 is 15.5. The maximum Gasteiger partial charge on any atom is 0.407 e. The Morgan fingerprint density at radius 1 is 1.52 bits per heavy atom. The van der Waals surface area contributed by atoms with E-state index in [0.29, 0.717) is 17.9 Å². The topological polar surface area (TPSA) is 126 Å². The van der Waals surface area contributed by atoms with Gasteiger partial charge < -0.3 is 25.3 Å². The Hall–Kier alpha value is -2.55. The van der Waals surface area contributed by atoms with Crippen LogP contribution < -0.4 is 20.5 Å². The molecule has 1 saturated heterocycles. The Bertz CT molecular complexity index is 562. The number of ether oxygens (including phenoxy) is 3. The number of cyclic esters (lactones) is 1. The highest BCUT2D eigenvalue weighted by Crippen LogP contribution is 2.34. The van der Waals surface area contributed by atoms with Crippen molar-refractivity contribution in [3.05, 3.63) is 27.8 Å². The molecule has 1 atom stereocenters. The lowest BCUT2D eigenvalue weighted by Gasteiger charge is -2.14. The van der Waals surface area contributed by atoms with Crippen LogP contribution in [0.15, 0.2) is 12.1 Å². The predicted octanol–water partition coefficient (Wildman–Crippen LogP) is 0.549. The van der Waals surface area contributed by atoms with Crippen molar-refractivity contribution in [2.75, 3.05) is 20.3 Å². The van der Waals surface area contributed by atoms with Gasteiger partial charge in [0.05, 0.1) is 24.6 Å². The largest absolute Gasteiger partial charge is 0.493 e. The number of nitrogens with one attached hydrogen (secondary N) is 1. The maximum absolute atomic E-state index is 11.0. The molecule has 1 unspecified atom stereocenters. The SMILES string of the molecule is COc1cc(CN)c([N+](=O)[O-])cc1OCC1CNC(=O)O1. The molecule has 1 heterocycles. The van der Waals surface area contributed by atoms with Gasteiger partial charge in [-0.05, 0) is 6.07 Å². The molecule has 9 heteroatoms. The fourth-order valence-corrected chi connectivity index (χ4v) is 1.90. The Kier molecular flexibility index (Phi) is 4.43. The molecular weight excluding hydrogens is 282 g/mol. The number of nitrogens with two attached hydrogens (primary N) is 1. The third kappa shape index (κ3) is 3.31. The van der Waals surface area contributed by atoms with E-state index in [4.69, 9.17) is 19.9 Å². The average molecular weight is 297 g/mol. The monoisotopic (exact) mass is 297 g/mol. The molecule has 9 nitrogen and oxygen atoms in total. The van der Waals surface area contributed by atoms with Gasteiger partial charge >= 0.3 is 6.09 Å². The summed E-state index contributed by atoms with van der Waals surface area (Å²) in [5, 5.41) is 13.5. The smallest absolute Gasteiger partial charge is 0.407 e. The summed E-state index contributed by atoms with van der Waals surface area (Å²) in [7, 11) is 1.42. The van der Waals surface area contributed by atoms with E-state index in [9.17, 15) is 14.9 Å². The molecule has 1 aliphatic heterocycles. The molecule has 0 saturated carbocycles. The lowest BCUT2D eigenvalue weighted by Crippen LogP contribution is -2.22. The van der Waals surface area contributed by atoms with Crippen molar-refractivity contribution in [3.63, 3.8) is 0 Å². The third-order valence-corrected chi connectivity index (χ3v) is 2.95. The number of carbonyl (C=O) groups excluding carboxylic acids is 1. The summed E-state index contributed by atoms with van der Waals surface area (Å²) in [6.45, 7) is 0.398. The minimum atomic E-state index is -0.536. The van der Waals surface area contributed by atoms with Crippen LogP contribution in [0.5, 0.6) is 11.5 Å². The number of hydrogen-bond donors (Lipinski definition) is 2. The second-order valence-corrected chi connectivity index (χ2v) is 4.31. The molecule has 0 radical (unpaired) electrons. The van der Waals surface area contributed by atoms with Crippen LogP contribution in [0.4, 0.5) is 10.5 Å². The van der Waals surface area contributed by atoms with Crippen LogP contribution >= 0.6 is 0 Å². The van der Waals surface area contributed by atoms with Gasteiger partial charge in [-0.3, -0.25) is 10.1 Å². The van der Waals surface area contributed by atoms with Gasteiger partial charge in [0.25, 0.3) is 5.69 Å². The van der Waals surface area contributed by atoms with Crippen molar-refractivity contribution >= 4 is 11.8 Å². The van der Waals surface area contributed by atoms with Crippen LogP contribution in [0.3, 0.4) is 0 Å². The van der Waals surface area contributed by atoms with Gasteiger partial charge in [-0.25, -0.2) is 4.79 Å². The molecule has 0 aromatic heterocycles. The quantitative estimate of drug-likeness (QED) is 0.580. The van der Waals surface area contributed by atoms with Crippen molar-refractivity contribution < 1.29 is 23.9 Å². The van der Waals surface area contributed by atoms with Crippen LogP contribution in [-0.2, 0) is 11.3 Å². The highest BCUT2D eigenvalue weighted by atomic mass is 16.6. The molecule has 0 aliphatic carbocycles. The predicted molar refractivity (Wildman–Crippen MR) is 71.3 cm³/mol. The highest BCUT2D eigenvalue weighted by Gasteiger charge is 2.25. The number of nitro groups is 1. The van der Waals surface area contributed by atoms with Crippen molar-refractivity contribution in [2.45, 2.75) is 12.6 Å². The first-order valence-corrected chi connectivity index (χ1v) is 6.17. The van der Waals surface area contributed by atoms with E-state index in [1.54, 1.807) is 0 Å². The summed E-state index contributed by atoms with van der Waals surface area (Å²) in [4.78, 5) is 21.4. The van der Waals surface area contributed by atoms with Crippen molar-refractivity contribution in [1.29, 1.82) is 0 Å². The number of benzene rings is 1. The zero-order valence-electron chi connectivity index (χ0n) is 11.3. The van der Waals surface area contributed by atoms with Crippen LogP contribution in [0, 0.1) is 10.1 Å². The number of methoxy groups -OCH3 is 1. The van der Waals surface area contributed by atoms with Crippen molar-refractivity contribution in [1.82, 2.24) is 5.32 Å². The first-order chi connectivity index (χ1) is 10.0. The van der Waals surface area contributed by atoms with Gasteiger partial charge in [0, 0.05) is 12.1 Å². The van der Waals surface area contributed by atoms with Gasteiger partial charge in [0.15, 0.2) is 17.6 Å². The molecule has 0 bridgehead atoms.